The van der Waals surface area contributed by atoms with Crippen LogP contribution in [0.25, 0.3) is 22.4 Å². The van der Waals surface area contributed by atoms with E-state index < -0.39 is 5.91 Å². The van der Waals surface area contributed by atoms with Crippen molar-refractivity contribution in [2.75, 3.05) is 0 Å². The molecule has 0 saturated carbocycles. The maximum atomic E-state index is 11.4. The highest BCUT2D eigenvalue weighted by Gasteiger charge is 2.13. The second kappa shape index (κ2) is 5.27. The summed E-state index contributed by atoms with van der Waals surface area (Å²) >= 11 is 1.27. The van der Waals surface area contributed by atoms with Crippen molar-refractivity contribution in [1.29, 1.82) is 0 Å². The number of primary amides is 1. The van der Waals surface area contributed by atoms with Crippen molar-refractivity contribution in [2.45, 2.75) is 0 Å². The van der Waals surface area contributed by atoms with Gasteiger partial charge >= 0.3 is 0 Å². The van der Waals surface area contributed by atoms with Gasteiger partial charge in [-0.3, -0.25) is 4.79 Å². The van der Waals surface area contributed by atoms with E-state index in [4.69, 9.17) is 5.73 Å². The molecule has 0 aliphatic rings. The minimum atomic E-state index is -0.437. The highest BCUT2D eigenvalue weighted by atomic mass is 32.1. The molecule has 4 heteroatoms. The number of carbonyl (C=O) groups is 1. The number of nitrogens with two attached hydrogens (primary N) is 1. The number of thiazole rings is 1. The van der Waals surface area contributed by atoms with Gasteiger partial charge in [0.2, 0.25) is 0 Å². The average molecular weight is 280 g/mol. The largest absolute Gasteiger partial charge is 0.365 e. The topological polar surface area (TPSA) is 56.0 Å². The summed E-state index contributed by atoms with van der Waals surface area (Å²) < 4.78 is 0. The van der Waals surface area contributed by atoms with Crippen LogP contribution in [0.1, 0.15) is 9.67 Å². The maximum absolute atomic E-state index is 11.4. The molecule has 0 saturated heterocycles. The van der Waals surface area contributed by atoms with E-state index in [1.54, 1.807) is 5.51 Å². The normalized spacial score (nSPS) is 10.4. The van der Waals surface area contributed by atoms with Crippen molar-refractivity contribution in [3.8, 4) is 22.4 Å². The average Bonchev–Trinajstić information content (AvgIpc) is 2.98. The first kappa shape index (κ1) is 12.6. The van der Waals surface area contributed by atoms with Gasteiger partial charge in [-0.2, -0.15) is 0 Å². The third-order valence-electron chi connectivity index (χ3n) is 3.03. The van der Waals surface area contributed by atoms with E-state index in [-0.39, 0.29) is 0 Å². The van der Waals surface area contributed by atoms with Gasteiger partial charge in [0.05, 0.1) is 11.2 Å². The highest BCUT2D eigenvalue weighted by Crippen LogP contribution is 2.29. The molecule has 0 radical (unpaired) electrons. The molecule has 0 atom stereocenters. The molecule has 1 amide bonds. The van der Waals surface area contributed by atoms with Crippen LogP contribution < -0.4 is 5.73 Å². The third-order valence-corrected chi connectivity index (χ3v) is 3.88. The van der Waals surface area contributed by atoms with Crippen molar-refractivity contribution >= 4 is 17.2 Å². The lowest BCUT2D eigenvalue weighted by atomic mass is 10.0. The SMILES string of the molecule is NC(=O)c1scnc1-c1cccc(-c2ccccc2)c1. The molecule has 3 rings (SSSR count). The number of carbonyl (C=O) groups excluding carboxylic acids is 1. The van der Waals surface area contributed by atoms with E-state index in [0.29, 0.717) is 10.6 Å². The minimum absolute atomic E-state index is 0.437. The molecule has 1 heterocycles. The number of amides is 1. The molecule has 1 aromatic heterocycles. The van der Waals surface area contributed by atoms with Gasteiger partial charge in [-0.25, -0.2) is 4.98 Å². The molecule has 98 valence electrons. The van der Waals surface area contributed by atoms with E-state index in [2.05, 4.69) is 17.1 Å². The van der Waals surface area contributed by atoms with Crippen molar-refractivity contribution in [1.82, 2.24) is 4.98 Å². The predicted molar refractivity (Wildman–Crippen MR) is 81.5 cm³/mol. The Morgan fingerprint density at radius 3 is 2.40 bits per heavy atom. The van der Waals surface area contributed by atoms with Crippen molar-refractivity contribution in [2.24, 2.45) is 5.73 Å². The molecule has 0 spiro atoms. The summed E-state index contributed by atoms with van der Waals surface area (Å²) in [6, 6.07) is 18.0. The van der Waals surface area contributed by atoms with Crippen LogP contribution in [0, 0.1) is 0 Å². The number of rotatable bonds is 3. The van der Waals surface area contributed by atoms with Crippen LogP contribution >= 0.6 is 11.3 Å². The summed E-state index contributed by atoms with van der Waals surface area (Å²) in [5.74, 6) is -0.437. The smallest absolute Gasteiger partial charge is 0.261 e. The van der Waals surface area contributed by atoms with Gasteiger partial charge in [0.25, 0.3) is 5.91 Å². The molecule has 0 fully saturated rings. The van der Waals surface area contributed by atoms with Gasteiger partial charge in [-0.05, 0) is 17.2 Å². The summed E-state index contributed by atoms with van der Waals surface area (Å²) in [7, 11) is 0. The second-order valence-corrected chi connectivity index (χ2v) is 5.20. The van der Waals surface area contributed by atoms with Gasteiger partial charge in [-0.1, -0.05) is 48.5 Å². The molecule has 0 bridgehead atoms. The zero-order chi connectivity index (χ0) is 13.9. The number of nitrogens with zero attached hydrogens (tertiary/aromatic N) is 1. The molecule has 2 N–H and O–H groups in total. The first-order chi connectivity index (χ1) is 9.75. The lowest BCUT2D eigenvalue weighted by Crippen LogP contribution is -2.10. The quantitative estimate of drug-likeness (QED) is 0.797. The monoisotopic (exact) mass is 280 g/mol. The molecule has 3 aromatic rings. The Bertz CT molecular complexity index is 750. The van der Waals surface area contributed by atoms with E-state index in [9.17, 15) is 4.79 Å². The fourth-order valence-electron chi connectivity index (χ4n) is 2.10. The Morgan fingerprint density at radius 1 is 0.950 bits per heavy atom. The Labute approximate surface area is 120 Å². The van der Waals surface area contributed by atoms with Crippen LogP contribution in [0.15, 0.2) is 60.1 Å². The number of aromatic nitrogens is 1. The molecular weight excluding hydrogens is 268 g/mol. The van der Waals surface area contributed by atoms with Crippen molar-refractivity contribution in [3.05, 3.63) is 65.0 Å². The van der Waals surface area contributed by atoms with Gasteiger partial charge in [-0.15, -0.1) is 11.3 Å². The number of benzene rings is 2. The van der Waals surface area contributed by atoms with Gasteiger partial charge in [0.15, 0.2) is 0 Å². The van der Waals surface area contributed by atoms with Crippen LogP contribution in [0.3, 0.4) is 0 Å². The zero-order valence-electron chi connectivity index (χ0n) is 10.6. The molecule has 0 aliphatic carbocycles. The van der Waals surface area contributed by atoms with E-state index in [1.807, 2.05) is 42.5 Å². The van der Waals surface area contributed by atoms with E-state index in [1.165, 1.54) is 11.3 Å². The highest BCUT2D eigenvalue weighted by molar-refractivity contribution is 7.12. The lowest BCUT2D eigenvalue weighted by Gasteiger charge is -2.05. The minimum Gasteiger partial charge on any atom is -0.365 e. The fraction of sp³-hybridized carbons (Fsp3) is 0. The Hall–Kier alpha value is -2.46. The molecule has 20 heavy (non-hydrogen) atoms. The van der Waals surface area contributed by atoms with Crippen molar-refractivity contribution in [3.63, 3.8) is 0 Å². The summed E-state index contributed by atoms with van der Waals surface area (Å²) in [6.45, 7) is 0. The molecule has 0 unspecified atom stereocenters. The van der Waals surface area contributed by atoms with Gasteiger partial charge < -0.3 is 5.73 Å². The first-order valence-corrected chi connectivity index (χ1v) is 7.03. The van der Waals surface area contributed by atoms with Crippen LogP contribution in [0.5, 0.6) is 0 Å². The van der Waals surface area contributed by atoms with Crippen LogP contribution in [0.4, 0.5) is 0 Å². The summed E-state index contributed by atoms with van der Waals surface area (Å²) in [5, 5.41) is 0. The zero-order valence-corrected chi connectivity index (χ0v) is 11.4. The van der Waals surface area contributed by atoms with Crippen LogP contribution in [0.2, 0.25) is 0 Å². The molecular formula is C16H12N2OS. The molecule has 0 aliphatic heterocycles. The molecule has 2 aromatic carbocycles. The lowest BCUT2D eigenvalue weighted by molar-refractivity contribution is 0.100. The van der Waals surface area contributed by atoms with Crippen LogP contribution in [-0.4, -0.2) is 10.9 Å². The predicted octanol–water partition coefficient (Wildman–Crippen LogP) is 3.58. The standard InChI is InChI=1S/C16H12N2OS/c17-16(19)15-14(18-10-20-15)13-8-4-7-12(9-13)11-5-2-1-3-6-11/h1-10H,(H2,17,19). The second-order valence-electron chi connectivity index (χ2n) is 4.34. The maximum Gasteiger partial charge on any atom is 0.261 e. The van der Waals surface area contributed by atoms with E-state index in [0.717, 1.165) is 16.7 Å². The summed E-state index contributed by atoms with van der Waals surface area (Å²) in [4.78, 5) is 16.2. The third kappa shape index (κ3) is 2.33. The summed E-state index contributed by atoms with van der Waals surface area (Å²) in [5.41, 5.74) is 10.8. The first-order valence-electron chi connectivity index (χ1n) is 6.15. The van der Waals surface area contributed by atoms with Crippen molar-refractivity contribution < 1.29 is 4.79 Å². The Kier molecular flexibility index (Phi) is 3.31. The number of hydrogen-bond acceptors (Lipinski definition) is 3. The van der Waals surface area contributed by atoms with Crippen LogP contribution in [-0.2, 0) is 0 Å². The fourth-order valence-corrected chi connectivity index (χ4v) is 2.77. The Morgan fingerprint density at radius 2 is 1.65 bits per heavy atom. The van der Waals surface area contributed by atoms with Gasteiger partial charge in [0.1, 0.15) is 4.88 Å². The molecule has 3 nitrogen and oxygen atoms in total. The summed E-state index contributed by atoms with van der Waals surface area (Å²) in [6.07, 6.45) is 0. The Balaban J connectivity index is 2.08. The van der Waals surface area contributed by atoms with E-state index >= 15 is 0 Å². The van der Waals surface area contributed by atoms with Gasteiger partial charge in [0, 0.05) is 5.56 Å². The number of hydrogen-bond donors (Lipinski definition) is 1.